The summed E-state index contributed by atoms with van der Waals surface area (Å²) >= 11 is 0. The van der Waals surface area contributed by atoms with Crippen molar-refractivity contribution >= 4 is 12.3 Å². The Morgan fingerprint density at radius 2 is 1.39 bits per heavy atom. The van der Waals surface area contributed by atoms with Gasteiger partial charge in [-0.2, -0.15) is 0 Å². The van der Waals surface area contributed by atoms with Crippen LogP contribution >= 0.6 is 0 Å². The Morgan fingerprint density at radius 3 is 1.78 bits per heavy atom. The second-order valence-electron chi connectivity index (χ2n) is 5.20. The highest BCUT2D eigenvalue weighted by atomic mass is 16.4. The van der Waals surface area contributed by atoms with Gasteiger partial charge in [-0.05, 0) is 20.6 Å². The van der Waals surface area contributed by atoms with Crippen molar-refractivity contribution in [3.63, 3.8) is 0 Å². The van der Waals surface area contributed by atoms with Crippen LogP contribution in [0.5, 0.6) is 0 Å². The maximum absolute atomic E-state index is 10.6. The summed E-state index contributed by atoms with van der Waals surface area (Å²) in [7, 11) is 3.91. The van der Waals surface area contributed by atoms with E-state index in [9.17, 15) is 9.59 Å². The molecule has 0 heterocycles. The van der Waals surface area contributed by atoms with Gasteiger partial charge in [-0.15, -0.1) is 0 Å². The fourth-order valence-corrected chi connectivity index (χ4v) is 1.52. The molecular weight excluding hydrogens is 294 g/mol. The highest BCUT2D eigenvalue weighted by molar-refractivity contribution is 5.69. The first kappa shape index (κ1) is 26.9. The van der Waals surface area contributed by atoms with Gasteiger partial charge >= 0.3 is 5.97 Å². The number of carboxylic acid groups (broad SMARTS) is 1. The fourth-order valence-electron chi connectivity index (χ4n) is 1.52. The van der Waals surface area contributed by atoms with E-state index in [0.717, 1.165) is 39.0 Å². The molecule has 0 aromatic carbocycles. The third-order valence-corrected chi connectivity index (χ3v) is 2.85. The molecule has 0 spiro atoms. The van der Waals surface area contributed by atoms with Crippen LogP contribution in [0.2, 0.25) is 0 Å². The van der Waals surface area contributed by atoms with E-state index < -0.39 is 5.97 Å². The van der Waals surface area contributed by atoms with Gasteiger partial charge in [-0.25, -0.2) is 0 Å². The van der Waals surface area contributed by atoms with E-state index >= 15 is 0 Å². The molecule has 0 atom stereocenters. The van der Waals surface area contributed by atoms with Crippen LogP contribution in [0, 0.1) is 0 Å². The number of aliphatic carboxylic acids is 1. The predicted molar refractivity (Wildman–Crippen MR) is 98.1 cm³/mol. The summed E-state index contributed by atoms with van der Waals surface area (Å²) in [4.78, 5) is 26.9. The normalized spacial score (nSPS) is 10.0. The summed E-state index contributed by atoms with van der Waals surface area (Å²) in [5.41, 5.74) is 0. The molecule has 0 saturated heterocycles. The van der Waals surface area contributed by atoms with E-state index in [0.29, 0.717) is 6.54 Å². The number of aldehydes is 1. The van der Waals surface area contributed by atoms with Gasteiger partial charge in [0.25, 0.3) is 0 Å². The molecule has 6 nitrogen and oxygen atoms in total. The van der Waals surface area contributed by atoms with Gasteiger partial charge in [-0.1, -0.05) is 41.0 Å². The summed E-state index contributed by atoms with van der Waals surface area (Å²) in [5.74, 6) is -0.787. The Labute approximate surface area is 143 Å². The zero-order chi connectivity index (χ0) is 18.7. The molecule has 0 saturated carbocycles. The summed E-state index contributed by atoms with van der Waals surface area (Å²) in [6, 6.07) is 0. The molecule has 0 fully saturated rings. The Kier molecular flexibility index (Phi) is 24.6. The quantitative estimate of drug-likeness (QED) is 0.583. The van der Waals surface area contributed by atoms with E-state index in [2.05, 4.69) is 18.7 Å². The summed E-state index contributed by atoms with van der Waals surface area (Å²) in [5, 5.41) is 8.72. The van der Waals surface area contributed by atoms with Crippen LogP contribution in [0.25, 0.3) is 0 Å². The van der Waals surface area contributed by atoms with Gasteiger partial charge < -0.3 is 14.8 Å². The second kappa shape index (κ2) is 21.0. The number of hydrogen-bond donors (Lipinski definition) is 1. The summed E-state index contributed by atoms with van der Waals surface area (Å²) in [6.07, 6.45) is 2.14. The molecule has 140 valence electrons. The molecule has 0 radical (unpaired) electrons. The standard InChI is InChI=1S/C12H25N3O3.C3H8.C2H6/c1-4-15(11-12(17)18)8-7-13(2)5-6-14(3)9-10-16;1-3-2;1-2/h10H,4-9,11H2,1-3H3,(H,17,18);3H2,1-2H3;1-2H3. The summed E-state index contributed by atoms with van der Waals surface area (Å²) < 4.78 is 0. The van der Waals surface area contributed by atoms with E-state index in [4.69, 9.17) is 5.11 Å². The van der Waals surface area contributed by atoms with Crippen LogP contribution in [0.3, 0.4) is 0 Å². The molecule has 0 bridgehead atoms. The molecule has 23 heavy (non-hydrogen) atoms. The lowest BCUT2D eigenvalue weighted by Gasteiger charge is -2.24. The number of hydrogen-bond acceptors (Lipinski definition) is 5. The highest BCUT2D eigenvalue weighted by Gasteiger charge is 2.08. The number of likely N-dealkylation sites (N-methyl/N-ethyl adjacent to an activating group) is 3. The summed E-state index contributed by atoms with van der Waals surface area (Å²) in [6.45, 7) is 14.8. The molecule has 6 heteroatoms. The number of nitrogens with zero attached hydrogens (tertiary/aromatic N) is 3. The van der Waals surface area contributed by atoms with Gasteiger partial charge in [0.1, 0.15) is 6.29 Å². The topological polar surface area (TPSA) is 64.1 Å². The maximum atomic E-state index is 10.6. The third kappa shape index (κ3) is 23.4. The Balaban J connectivity index is -0.000000710. The lowest BCUT2D eigenvalue weighted by Crippen LogP contribution is -2.39. The molecule has 0 aliphatic heterocycles. The molecule has 0 aromatic rings. The van der Waals surface area contributed by atoms with Crippen molar-refractivity contribution in [3.8, 4) is 0 Å². The molecule has 0 aliphatic rings. The Hall–Kier alpha value is -0.980. The Morgan fingerprint density at radius 1 is 0.957 bits per heavy atom. The molecule has 0 amide bonds. The molecule has 1 N–H and O–H groups in total. The highest BCUT2D eigenvalue weighted by Crippen LogP contribution is 1.91. The minimum Gasteiger partial charge on any atom is -0.480 e. The van der Waals surface area contributed by atoms with Gasteiger partial charge in [0, 0.05) is 26.2 Å². The number of carbonyl (C=O) groups is 2. The fraction of sp³-hybridized carbons (Fsp3) is 0.882. The molecule has 0 aromatic heterocycles. The van der Waals surface area contributed by atoms with Crippen LogP contribution in [-0.4, -0.2) is 92.0 Å². The van der Waals surface area contributed by atoms with Crippen LogP contribution < -0.4 is 0 Å². The van der Waals surface area contributed by atoms with Gasteiger partial charge in [0.05, 0.1) is 13.1 Å². The predicted octanol–water partition coefficient (Wildman–Crippen LogP) is 1.90. The molecule has 0 unspecified atom stereocenters. The van der Waals surface area contributed by atoms with Crippen molar-refractivity contribution in [2.45, 2.75) is 41.0 Å². The lowest BCUT2D eigenvalue weighted by atomic mass is 10.4. The van der Waals surface area contributed by atoms with Crippen molar-refractivity contribution in [1.82, 2.24) is 14.7 Å². The average Bonchev–Trinajstić information content (AvgIpc) is 2.52. The van der Waals surface area contributed by atoms with E-state index in [1.807, 2.05) is 44.7 Å². The van der Waals surface area contributed by atoms with Gasteiger partial charge in [-0.3, -0.25) is 14.6 Å². The zero-order valence-corrected chi connectivity index (χ0v) is 16.3. The first-order chi connectivity index (χ1) is 10.9. The minimum atomic E-state index is -0.787. The average molecular weight is 334 g/mol. The Bertz CT molecular complexity index is 263. The second-order valence-corrected chi connectivity index (χ2v) is 5.20. The number of rotatable bonds is 11. The van der Waals surface area contributed by atoms with Crippen molar-refractivity contribution in [2.75, 3.05) is 59.9 Å². The first-order valence-electron chi connectivity index (χ1n) is 8.65. The molecular formula is C17H39N3O3. The number of carbonyl (C=O) groups excluding carboxylic acids is 1. The number of carboxylic acids is 1. The smallest absolute Gasteiger partial charge is 0.317 e. The van der Waals surface area contributed by atoms with E-state index in [-0.39, 0.29) is 6.54 Å². The van der Waals surface area contributed by atoms with Crippen LogP contribution in [0.4, 0.5) is 0 Å². The van der Waals surface area contributed by atoms with E-state index in [1.165, 1.54) is 6.42 Å². The van der Waals surface area contributed by atoms with Crippen molar-refractivity contribution in [1.29, 1.82) is 0 Å². The lowest BCUT2D eigenvalue weighted by molar-refractivity contribution is -0.138. The minimum absolute atomic E-state index is 0.0926. The van der Waals surface area contributed by atoms with Crippen LogP contribution in [-0.2, 0) is 9.59 Å². The van der Waals surface area contributed by atoms with Crippen molar-refractivity contribution in [2.24, 2.45) is 0 Å². The SMILES string of the molecule is CC.CCC.CCN(CCN(C)CCN(C)CC=O)CC(=O)O. The zero-order valence-electron chi connectivity index (χ0n) is 16.3. The molecule has 0 aliphatic carbocycles. The van der Waals surface area contributed by atoms with Crippen LogP contribution in [0.15, 0.2) is 0 Å². The monoisotopic (exact) mass is 333 g/mol. The van der Waals surface area contributed by atoms with Crippen LogP contribution in [0.1, 0.15) is 41.0 Å². The largest absolute Gasteiger partial charge is 0.480 e. The first-order valence-corrected chi connectivity index (χ1v) is 8.65. The van der Waals surface area contributed by atoms with E-state index in [1.54, 1.807) is 0 Å². The van der Waals surface area contributed by atoms with Gasteiger partial charge in [0.2, 0.25) is 0 Å². The van der Waals surface area contributed by atoms with Crippen molar-refractivity contribution < 1.29 is 14.7 Å². The van der Waals surface area contributed by atoms with Gasteiger partial charge in [0.15, 0.2) is 0 Å². The van der Waals surface area contributed by atoms with Crippen molar-refractivity contribution in [3.05, 3.63) is 0 Å². The third-order valence-electron chi connectivity index (χ3n) is 2.85. The maximum Gasteiger partial charge on any atom is 0.317 e. The molecule has 0 rings (SSSR count).